The molecule has 0 aliphatic heterocycles. The SMILES string of the molecule is c1ccc2c(-c3c4ccccc4c(-c4ccc(-c5cc6oc7c(ccc8oc9ccccc9c87)c6c6ccccc56)c5ccccc45)c4ccccc34)cccc2c1. The van der Waals surface area contributed by atoms with E-state index in [1.807, 2.05) is 12.1 Å². The van der Waals surface area contributed by atoms with Gasteiger partial charge in [0.2, 0.25) is 0 Å². The molecule has 0 fully saturated rings. The number of hydrogen-bond acceptors (Lipinski definition) is 2. The molecule has 2 heteroatoms. The summed E-state index contributed by atoms with van der Waals surface area (Å²) in [7, 11) is 0. The second kappa shape index (κ2) is 11.9. The Bertz CT molecular complexity index is 3800. The first kappa shape index (κ1) is 31.5. The predicted octanol–water partition coefficient (Wildman–Crippen LogP) is 16.3. The van der Waals surface area contributed by atoms with Crippen molar-refractivity contribution in [1.29, 1.82) is 0 Å². The third-order valence-electron chi connectivity index (χ3n) is 12.5. The average molecular weight is 737 g/mol. The molecule has 2 heterocycles. The van der Waals surface area contributed by atoms with Gasteiger partial charge in [0.05, 0.1) is 5.39 Å². The van der Waals surface area contributed by atoms with E-state index in [-0.39, 0.29) is 0 Å². The maximum absolute atomic E-state index is 6.92. The van der Waals surface area contributed by atoms with Crippen LogP contribution in [0.25, 0.3) is 131 Å². The normalized spacial score (nSPS) is 12.1. The van der Waals surface area contributed by atoms with E-state index in [4.69, 9.17) is 8.83 Å². The number of rotatable bonds is 3. The Labute approximate surface area is 332 Å². The fraction of sp³-hybridized carbons (Fsp3) is 0. The van der Waals surface area contributed by atoms with Crippen LogP contribution in [-0.4, -0.2) is 0 Å². The molecule has 0 amide bonds. The van der Waals surface area contributed by atoms with Crippen LogP contribution in [0.5, 0.6) is 0 Å². The van der Waals surface area contributed by atoms with Gasteiger partial charge in [-0.3, -0.25) is 0 Å². The first-order valence-electron chi connectivity index (χ1n) is 19.9. The first-order chi connectivity index (χ1) is 28.8. The molecule has 0 saturated heterocycles. The zero-order chi connectivity index (χ0) is 37.9. The van der Waals surface area contributed by atoms with Crippen LogP contribution in [0.1, 0.15) is 0 Å². The highest BCUT2D eigenvalue weighted by Gasteiger charge is 2.23. The van der Waals surface area contributed by atoms with Crippen molar-refractivity contribution in [2.45, 2.75) is 0 Å². The molecule has 0 N–H and O–H groups in total. The summed E-state index contributed by atoms with van der Waals surface area (Å²) in [5.74, 6) is 0. The highest BCUT2D eigenvalue weighted by molar-refractivity contribution is 6.30. The summed E-state index contributed by atoms with van der Waals surface area (Å²) in [6, 6.07) is 70.4. The Morgan fingerprint density at radius 1 is 0.241 bits per heavy atom. The fourth-order valence-corrected chi connectivity index (χ4v) is 10.0. The summed E-state index contributed by atoms with van der Waals surface area (Å²) >= 11 is 0. The van der Waals surface area contributed by atoms with Crippen molar-refractivity contribution in [2.75, 3.05) is 0 Å². The maximum atomic E-state index is 6.92. The standard InChI is InChI=1S/C56H32O2/c1-2-16-34-33(14-1)15-13-26-39(34)52-41-21-7-9-23-43(41)53(44-24-10-8-22-42(44)52)45-29-28-38(35-17-3-4-18-36(35)45)48-32-51-54(40-20-6-5-19-37(40)48)47-30-31-50-55(56(47)58-51)46-25-11-12-27-49(46)57-50/h1-32H. The van der Waals surface area contributed by atoms with Gasteiger partial charge in [-0.15, -0.1) is 0 Å². The molecule has 0 spiro atoms. The van der Waals surface area contributed by atoms with Gasteiger partial charge >= 0.3 is 0 Å². The van der Waals surface area contributed by atoms with Crippen LogP contribution in [0.4, 0.5) is 0 Å². The van der Waals surface area contributed by atoms with E-state index in [0.717, 1.165) is 49.4 Å². The minimum Gasteiger partial charge on any atom is -0.456 e. The van der Waals surface area contributed by atoms with Gasteiger partial charge in [0, 0.05) is 16.2 Å². The van der Waals surface area contributed by atoms with Crippen LogP contribution in [-0.2, 0) is 0 Å². The van der Waals surface area contributed by atoms with E-state index in [0.29, 0.717) is 0 Å². The first-order valence-corrected chi connectivity index (χ1v) is 19.9. The predicted molar refractivity (Wildman–Crippen MR) is 245 cm³/mol. The van der Waals surface area contributed by atoms with Crippen molar-refractivity contribution in [3.63, 3.8) is 0 Å². The van der Waals surface area contributed by atoms with Crippen molar-refractivity contribution in [3.8, 4) is 33.4 Å². The molecule has 0 bridgehead atoms. The lowest BCUT2D eigenvalue weighted by Gasteiger charge is -2.20. The lowest BCUT2D eigenvalue weighted by atomic mass is 9.82. The molecule has 2 aromatic heterocycles. The molecule has 0 atom stereocenters. The zero-order valence-electron chi connectivity index (χ0n) is 31.3. The fourth-order valence-electron chi connectivity index (χ4n) is 10.0. The number of para-hydroxylation sites is 1. The van der Waals surface area contributed by atoms with Gasteiger partial charge in [-0.1, -0.05) is 170 Å². The van der Waals surface area contributed by atoms with E-state index in [1.54, 1.807) is 0 Å². The average Bonchev–Trinajstić information content (AvgIpc) is 3.86. The molecule has 268 valence electrons. The second-order valence-electron chi connectivity index (χ2n) is 15.4. The van der Waals surface area contributed by atoms with Gasteiger partial charge in [0.15, 0.2) is 0 Å². The van der Waals surface area contributed by atoms with Gasteiger partial charge in [-0.25, -0.2) is 0 Å². The van der Waals surface area contributed by atoms with Gasteiger partial charge < -0.3 is 8.83 Å². The smallest absolute Gasteiger partial charge is 0.147 e. The van der Waals surface area contributed by atoms with Crippen molar-refractivity contribution >= 4 is 97.7 Å². The number of benzene rings is 11. The van der Waals surface area contributed by atoms with Crippen LogP contribution < -0.4 is 0 Å². The number of furan rings is 2. The lowest BCUT2D eigenvalue weighted by molar-refractivity contribution is 0.663. The molecule has 13 rings (SSSR count). The van der Waals surface area contributed by atoms with Gasteiger partial charge in [0.25, 0.3) is 0 Å². The quantitative estimate of drug-likeness (QED) is 0.169. The van der Waals surface area contributed by atoms with Crippen LogP contribution in [0.15, 0.2) is 203 Å². The van der Waals surface area contributed by atoms with Gasteiger partial charge in [-0.05, 0) is 112 Å². The van der Waals surface area contributed by atoms with Crippen LogP contribution in [0.3, 0.4) is 0 Å². The molecule has 0 aliphatic carbocycles. The number of hydrogen-bond donors (Lipinski definition) is 0. The molecule has 2 nitrogen and oxygen atoms in total. The Morgan fingerprint density at radius 3 is 1.43 bits per heavy atom. The molecule has 0 saturated carbocycles. The topological polar surface area (TPSA) is 26.3 Å². The summed E-state index contributed by atoms with van der Waals surface area (Å²) in [5, 5.41) is 16.6. The van der Waals surface area contributed by atoms with Crippen LogP contribution in [0.2, 0.25) is 0 Å². The van der Waals surface area contributed by atoms with E-state index < -0.39 is 0 Å². The molecule has 13 aromatic rings. The minimum atomic E-state index is 0.837. The third kappa shape index (κ3) is 4.32. The maximum Gasteiger partial charge on any atom is 0.147 e. The Kier molecular flexibility index (Phi) is 6.47. The monoisotopic (exact) mass is 736 g/mol. The van der Waals surface area contributed by atoms with E-state index in [1.165, 1.54) is 81.7 Å². The Balaban J connectivity index is 1.09. The molecule has 0 radical (unpaired) electrons. The minimum absolute atomic E-state index is 0.837. The second-order valence-corrected chi connectivity index (χ2v) is 15.4. The number of fused-ring (bicyclic) bond motifs is 13. The molecular formula is C56H32O2. The van der Waals surface area contributed by atoms with Crippen molar-refractivity contribution in [3.05, 3.63) is 194 Å². The zero-order valence-corrected chi connectivity index (χ0v) is 31.3. The summed E-state index contributed by atoms with van der Waals surface area (Å²) < 4.78 is 13.2. The van der Waals surface area contributed by atoms with Gasteiger partial charge in [-0.2, -0.15) is 0 Å². The Morgan fingerprint density at radius 2 is 0.741 bits per heavy atom. The Hall–Kier alpha value is -7.68. The van der Waals surface area contributed by atoms with E-state index >= 15 is 0 Å². The van der Waals surface area contributed by atoms with Gasteiger partial charge in [0.1, 0.15) is 22.3 Å². The van der Waals surface area contributed by atoms with Crippen LogP contribution >= 0.6 is 0 Å². The lowest BCUT2D eigenvalue weighted by Crippen LogP contribution is -1.93. The third-order valence-corrected chi connectivity index (χ3v) is 12.5. The van der Waals surface area contributed by atoms with Crippen molar-refractivity contribution < 1.29 is 8.83 Å². The molecule has 58 heavy (non-hydrogen) atoms. The molecule has 0 unspecified atom stereocenters. The highest BCUT2D eigenvalue weighted by atomic mass is 16.3. The summed E-state index contributed by atoms with van der Waals surface area (Å²) in [6.45, 7) is 0. The largest absolute Gasteiger partial charge is 0.456 e. The van der Waals surface area contributed by atoms with Crippen LogP contribution in [0, 0.1) is 0 Å². The van der Waals surface area contributed by atoms with Crippen molar-refractivity contribution in [1.82, 2.24) is 0 Å². The summed E-state index contributed by atoms with van der Waals surface area (Å²) in [6.07, 6.45) is 0. The molecule has 11 aromatic carbocycles. The van der Waals surface area contributed by atoms with Crippen molar-refractivity contribution in [2.24, 2.45) is 0 Å². The molecule has 0 aliphatic rings. The van der Waals surface area contributed by atoms with E-state index in [9.17, 15) is 0 Å². The highest BCUT2D eigenvalue weighted by Crippen LogP contribution is 2.49. The van der Waals surface area contributed by atoms with E-state index in [2.05, 4.69) is 182 Å². The summed E-state index contributed by atoms with van der Waals surface area (Å²) in [5.41, 5.74) is 10.8. The summed E-state index contributed by atoms with van der Waals surface area (Å²) in [4.78, 5) is 0. The molecular weight excluding hydrogens is 705 g/mol.